The monoisotopic (exact) mass is 300 g/mol. The van der Waals surface area contributed by atoms with Crippen LogP contribution < -0.4 is 4.74 Å². The lowest BCUT2D eigenvalue weighted by molar-refractivity contribution is -0.106. The number of halogens is 1. The van der Waals surface area contributed by atoms with Crippen LogP contribution in [0.2, 0.25) is 0 Å². The summed E-state index contributed by atoms with van der Waals surface area (Å²) in [5, 5.41) is -0.458. The average Bonchev–Trinajstić information content (AvgIpc) is 2.48. The second kappa shape index (κ2) is 7.09. The normalized spacial score (nSPS) is 11.3. The van der Waals surface area contributed by atoms with Crippen LogP contribution in [0.4, 0.5) is 0 Å². The van der Waals surface area contributed by atoms with Gasteiger partial charge in [0, 0.05) is 5.57 Å². The Morgan fingerprint density at radius 2 is 1.81 bits per heavy atom. The lowest BCUT2D eigenvalue weighted by atomic mass is 10.0. The second-order valence-electron chi connectivity index (χ2n) is 4.69. The van der Waals surface area contributed by atoms with E-state index in [1.54, 1.807) is 13.0 Å². The number of hydrogen-bond acceptors (Lipinski definition) is 2. The molecule has 2 aromatic carbocycles. The van der Waals surface area contributed by atoms with E-state index in [-0.39, 0.29) is 0 Å². The van der Waals surface area contributed by atoms with Gasteiger partial charge in [0.05, 0.1) is 0 Å². The van der Waals surface area contributed by atoms with E-state index in [9.17, 15) is 4.79 Å². The molecule has 0 unspecified atom stereocenters. The first-order valence-electron chi connectivity index (χ1n) is 6.76. The van der Waals surface area contributed by atoms with Crippen LogP contribution in [0, 0.1) is 6.92 Å². The minimum absolute atomic E-state index is 0.391. The Hall–Kier alpha value is -2.06. The molecule has 0 saturated heterocycles. The molecule has 3 heteroatoms. The molecule has 108 valence electrons. The summed E-state index contributed by atoms with van der Waals surface area (Å²) < 4.78 is 5.86. The fourth-order valence-corrected chi connectivity index (χ4v) is 2.37. The van der Waals surface area contributed by atoms with Gasteiger partial charge >= 0.3 is 0 Å². The van der Waals surface area contributed by atoms with E-state index < -0.39 is 5.24 Å². The number of hydrogen-bond donors (Lipinski definition) is 0. The zero-order valence-electron chi connectivity index (χ0n) is 12.1. The smallest absolute Gasteiger partial charge is 0.252 e. The van der Waals surface area contributed by atoms with Gasteiger partial charge in [0.1, 0.15) is 12.4 Å². The molecule has 2 rings (SSSR count). The van der Waals surface area contributed by atoms with Gasteiger partial charge in [-0.1, -0.05) is 48.5 Å². The fraction of sp³-hybridized carbons (Fsp3) is 0.167. The Morgan fingerprint density at radius 1 is 1.14 bits per heavy atom. The standard InChI is InChI=1S/C18H17ClO2/c1-3-15(18(19)20)16-10-6-5-9-14(16)12-21-17-11-7-4-8-13(17)2/h3-11H,12H2,1-2H3. The van der Waals surface area contributed by atoms with Crippen molar-refractivity contribution in [2.75, 3.05) is 0 Å². The van der Waals surface area contributed by atoms with E-state index in [1.807, 2.05) is 55.5 Å². The van der Waals surface area contributed by atoms with Gasteiger partial charge in [0.25, 0.3) is 5.24 Å². The van der Waals surface area contributed by atoms with Crippen LogP contribution in [0.5, 0.6) is 5.75 Å². The Balaban J connectivity index is 2.25. The van der Waals surface area contributed by atoms with Crippen LogP contribution in [-0.2, 0) is 11.4 Å². The number of carbonyl (C=O) groups excluding carboxylic acids is 1. The second-order valence-corrected chi connectivity index (χ2v) is 5.03. The van der Waals surface area contributed by atoms with Crippen LogP contribution in [0.3, 0.4) is 0 Å². The molecule has 0 bridgehead atoms. The predicted octanol–water partition coefficient (Wildman–Crippen LogP) is 4.74. The number of allylic oxidation sites excluding steroid dienone is 2. The van der Waals surface area contributed by atoms with Gasteiger partial charge in [-0.3, -0.25) is 4.79 Å². The van der Waals surface area contributed by atoms with E-state index in [2.05, 4.69) is 0 Å². The number of benzene rings is 2. The van der Waals surface area contributed by atoms with Gasteiger partial charge in [0.2, 0.25) is 0 Å². The summed E-state index contributed by atoms with van der Waals surface area (Å²) in [5.74, 6) is 0.839. The summed E-state index contributed by atoms with van der Waals surface area (Å²) in [7, 11) is 0. The highest BCUT2D eigenvalue weighted by molar-refractivity contribution is 6.74. The molecule has 0 saturated carbocycles. The van der Waals surface area contributed by atoms with Crippen molar-refractivity contribution in [2.24, 2.45) is 0 Å². The van der Waals surface area contributed by atoms with Crippen LogP contribution in [-0.4, -0.2) is 5.24 Å². The number of para-hydroxylation sites is 1. The molecule has 0 aliphatic heterocycles. The quantitative estimate of drug-likeness (QED) is 0.589. The Bertz CT molecular complexity index is 674. The summed E-state index contributed by atoms with van der Waals surface area (Å²) in [6.07, 6.45) is 1.72. The van der Waals surface area contributed by atoms with Gasteiger partial charge < -0.3 is 4.74 Å². The predicted molar refractivity (Wildman–Crippen MR) is 86.5 cm³/mol. The number of rotatable bonds is 5. The number of aryl methyl sites for hydroxylation is 1. The Morgan fingerprint density at radius 3 is 2.48 bits per heavy atom. The van der Waals surface area contributed by atoms with Crippen molar-refractivity contribution in [1.82, 2.24) is 0 Å². The maximum Gasteiger partial charge on any atom is 0.252 e. The van der Waals surface area contributed by atoms with Crippen LogP contribution in [0.25, 0.3) is 5.57 Å². The maximum absolute atomic E-state index is 11.5. The Labute approximate surface area is 130 Å². The Kier molecular flexibility index (Phi) is 5.18. The topological polar surface area (TPSA) is 26.3 Å². The van der Waals surface area contributed by atoms with E-state index in [0.29, 0.717) is 12.2 Å². The largest absolute Gasteiger partial charge is 0.489 e. The number of ether oxygens (including phenoxy) is 1. The van der Waals surface area contributed by atoms with E-state index >= 15 is 0 Å². The highest BCUT2D eigenvalue weighted by Crippen LogP contribution is 2.24. The van der Waals surface area contributed by atoms with E-state index in [1.165, 1.54) is 0 Å². The molecule has 0 aliphatic rings. The van der Waals surface area contributed by atoms with Crippen molar-refractivity contribution in [1.29, 1.82) is 0 Å². The molecule has 2 aromatic rings. The van der Waals surface area contributed by atoms with Crippen molar-refractivity contribution in [3.63, 3.8) is 0 Å². The molecule has 0 heterocycles. The van der Waals surface area contributed by atoms with Crippen molar-refractivity contribution in [2.45, 2.75) is 20.5 Å². The zero-order chi connectivity index (χ0) is 15.2. The van der Waals surface area contributed by atoms with Crippen molar-refractivity contribution in [3.8, 4) is 5.75 Å². The van der Waals surface area contributed by atoms with Crippen molar-refractivity contribution < 1.29 is 9.53 Å². The van der Waals surface area contributed by atoms with Gasteiger partial charge in [-0.05, 0) is 48.2 Å². The molecule has 0 amide bonds. The third kappa shape index (κ3) is 3.73. The summed E-state index contributed by atoms with van der Waals surface area (Å²) >= 11 is 5.64. The molecule has 0 aromatic heterocycles. The lowest BCUT2D eigenvalue weighted by Gasteiger charge is -2.13. The van der Waals surface area contributed by atoms with Crippen molar-refractivity contribution >= 4 is 22.4 Å². The lowest BCUT2D eigenvalue weighted by Crippen LogP contribution is -2.03. The summed E-state index contributed by atoms with van der Waals surface area (Å²) in [5.41, 5.74) is 3.33. The molecule has 0 spiro atoms. The van der Waals surface area contributed by atoms with Crippen LogP contribution in [0.15, 0.2) is 54.6 Å². The third-order valence-corrected chi connectivity index (χ3v) is 3.49. The zero-order valence-corrected chi connectivity index (χ0v) is 12.9. The molecular weight excluding hydrogens is 284 g/mol. The minimum atomic E-state index is -0.458. The first-order valence-corrected chi connectivity index (χ1v) is 7.14. The van der Waals surface area contributed by atoms with E-state index in [4.69, 9.17) is 16.3 Å². The van der Waals surface area contributed by atoms with Gasteiger partial charge in [-0.2, -0.15) is 0 Å². The molecular formula is C18H17ClO2. The van der Waals surface area contributed by atoms with E-state index in [0.717, 1.165) is 22.4 Å². The highest BCUT2D eigenvalue weighted by atomic mass is 35.5. The van der Waals surface area contributed by atoms with Crippen molar-refractivity contribution in [3.05, 3.63) is 71.3 Å². The number of carbonyl (C=O) groups is 1. The molecule has 21 heavy (non-hydrogen) atoms. The molecule has 0 fully saturated rings. The van der Waals surface area contributed by atoms with Gasteiger partial charge in [-0.15, -0.1) is 0 Å². The summed E-state index contributed by atoms with van der Waals surface area (Å²) in [4.78, 5) is 11.5. The molecule has 0 N–H and O–H groups in total. The van der Waals surface area contributed by atoms with Gasteiger partial charge in [-0.25, -0.2) is 0 Å². The summed E-state index contributed by atoms with van der Waals surface area (Å²) in [6.45, 7) is 4.19. The molecule has 0 aliphatic carbocycles. The molecule has 0 atom stereocenters. The maximum atomic E-state index is 11.5. The third-order valence-electron chi connectivity index (χ3n) is 3.28. The average molecular weight is 301 g/mol. The van der Waals surface area contributed by atoms with Crippen LogP contribution in [0.1, 0.15) is 23.6 Å². The first-order chi connectivity index (χ1) is 10.1. The van der Waals surface area contributed by atoms with Crippen LogP contribution >= 0.6 is 11.6 Å². The fourth-order valence-electron chi connectivity index (χ4n) is 2.16. The van der Waals surface area contributed by atoms with Gasteiger partial charge in [0.15, 0.2) is 0 Å². The minimum Gasteiger partial charge on any atom is -0.489 e. The molecule has 0 radical (unpaired) electrons. The highest BCUT2D eigenvalue weighted by Gasteiger charge is 2.12. The summed E-state index contributed by atoms with van der Waals surface area (Å²) in [6, 6.07) is 15.5. The first kappa shape index (κ1) is 15.3. The SMILES string of the molecule is CC=C(C(=O)Cl)c1ccccc1COc1ccccc1C. The molecule has 2 nitrogen and oxygen atoms in total.